The van der Waals surface area contributed by atoms with Crippen molar-refractivity contribution in [3.63, 3.8) is 0 Å². The first-order chi connectivity index (χ1) is 9.43. The minimum absolute atomic E-state index is 0.126. The van der Waals surface area contributed by atoms with E-state index in [9.17, 15) is 4.79 Å². The van der Waals surface area contributed by atoms with Crippen LogP contribution in [0.25, 0.3) is 0 Å². The number of carbonyl (C=O) groups excluding carboxylic acids is 1. The second kappa shape index (κ2) is 7.73. The number of amides is 1. The molecule has 3 heteroatoms. The van der Waals surface area contributed by atoms with Crippen LogP contribution in [0.5, 0.6) is 0 Å². The molecule has 1 aromatic rings. The third-order valence-electron chi connectivity index (χ3n) is 3.38. The molecule has 1 aromatic carbocycles. The molecule has 0 aliphatic rings. The molecule has 0 heterocycles. The summed E-state index contributed by atoms with van der Waals surface area (Å²) >= 11 is 0. The first-order valence-corrected chi connectivity index (χ1v) is 6.99. The van der Waals surface area contributed by atoms with E-state index in [1.54, 1.807) is 0 Å². The van der Waals surface area contributed by atoms with Crippen LogP contribution in [0.2, 0.25) is 0 Å². The predicted molar refractivity (Wildman–Crippen MR) is 82.4 cm³/mol. The molecule has 1 amide bonds. The van der Waals surface area contributed by atoms with Gasteiger partial charge in [0.05, 0.1) is 0 Å². The van der Waals surface area contributed by atoms with Crippen molar-refractivity contribution in [3.8, 4) is 0 Å². The summed E-state index contributed by atoms with van der Waals surface area (Å²) in [6.45, 7) is 11.2. The number of alkyl carbamates (subject to hydrolysis) is 1. The van der Waals surface area contributed by atoms with Crippen LogP contribution in [0.4, 0.5) is 4.79 Å². The predicted octanol–water partition coefficient (Wildman–Crippen LogP) is 4.15. The summed E-state index contributed by atoms with van der Waals surface area (Å²) < 4.78 is 5.19. The molecule has 0 bridgehead atoms. The van der Waals surface area contributed by atoms with E-state index in [2.05, 4.69) is 32.7 Å². The fourth-order valence-corrected chi connectivity index (χ4v) is 1.92. The highest BCUT2D eigenvalue weighted by atomic mass is 16.5. The molecule has 20 heavy (non-hydrogen) atoms. The smallest absolute Gasteiger partial charge is 0.407 e. The van der Waals surface area contributed by atoms with Gasteiger partial charge in [-0.05, 0) is 23.3 Å². The van der Waals surface area contributed by atoms with Crippen LogP contribution in [-0.4, -0.2) is 12.6 Å². The van der Waals surface area contributed by atoms with Gasteiger partial charge >= 0.3 is 6.09 Å². The highest BCUT2D eigenvalue weighted by Crippen LogP contribution is 2.28. The van der Waals surface area contributed by atoms with Crippen molar-refractivity contribution in [2.75, 3.05) is 6.54 Å². The van der Waals surface area contributed by atoms with Crippen LogP contribution in [0.1, 0.15) is 32.8 Å². The van der Waals surface area contributed by atoms with Gasteiger partial charge in [-0.15, -0.1) is 6.58 Å². The summed E-state index contributed by atoms with van der Waals surface area (Å²) in [4.78, 5) is 11.7. The maximum atomic E-state index is 11.7. The average molecular weight is 275 g/mol. The Kier molecular flexibility index (Phi) is 6.29. The Labute approximate surface area is 122 Å². The van der Waals surface area contributed by atoms with E-state index in [1.807, 2.05) is 36.4 Å². The van der Waals surface area contributed by atoms with Crippen LogP contribution in [-0.2, 0) is 11.3 Å². The quantitative estimate of drug-likeness (QED) is 0.792. The maximum absolute atomic E-state index is 11.7. The molecular weight excluding hydrogens is 250 g/mol. The normalized spacial score (nSPS) is 12.6. The van der Waals surface area contributed by atoms with E-state index < -0.39 is 0 Å². The minimum atomic E-state index is -0.368. The Morgan fingerprint density at radius 2 is 2.00 bits per heavy atom. The molecule has 0 aliphatic heterocycles. The van der Waals surface area contributed by atoms with Crippen molar-refractivity contribution in [1.29, 1.82) is 0 Å². The van der Waals surface area contributed by atoms with Gasteiger partial charge in [0, 0.05) is 6.54 Å². The first kappa shape index (κ1) is 16.3. The lowest BCUT2D eigenvalue weighted by Gasteiger charge is -2.29. The van der Waals surface area contributed by atoms with Crippen molar-refractivity contribution in [2.24, 2.45) is 11.3 Å². The summed E-state index contributed by atoms with van der Waals surface area (Å²) in [5, 5.41) is 2.84. The number of rotatable bonds is 6. The SMILES string of the molecule is C=CC[C@H](CNC(=O)OCc1ccccc1)C(C)(C)C. The molecule has 1 rings (SSSR count). The number of ether oxygens (including phenoxy) is 1. The lowest BCUT2D eigenvalue weighted by atomic mass is 9.79. The zero-order valence-corrected chi connectivity index (χ0v) is 12.7. The minimum Gasteiger partial charge on any atom is -0.445 e. The van der Waals surface area contributed by atoms with Crippen LogP contribution < -0.4 is 5.32 Å². The van der Waals surface area contributed by atoms with Crippen molar-refractivity contribution in [2.45, 2.75) is 33.8 Å². The highest BCUT2D eigenvalue weighted by molar-refractivity contribution is 5.67. The van der Waals surface area contributed by atoms with Crippen LogP contribution in [0.15, 0.2) is 43.0 Å². The molecule has 0 saturated carbocycles. The Hall–Kier alpha value is -1.77. The topological polar surface area (TPSA) is 38.3 Å². The van der Waals surface area contributed by atoms with Gasteiger partial charge in [0.2, 0.25) is 0 Å². The molecule has 0 aromatic heterocycles. The zero-order valence-electron chi connectivity index (χ0n) is 12.7. The van der Waals surface area contributed by atoms with Gasteiger partial charge in [-0.3, -0.25) is 0 Å². The monoisotopic (exact) mass is 275 g/mol. The van der Waals surface area contributed by atoms with Gasteiger partial charge in [-0.25, -0.2) is 4.79 Å². The Morgan fingerprint density at radius 1 is 1.35 bits per heavy atom. The molecule has 0 fully saturated rings. The van der Waals surface area contributed by atoms with Gasteiger partial charge in [-0.2, -0.15) is 0 Å². The molecular formula is C17H25NO2. The van der Waals surface area contributed by atoms with E-state index >= 15 is 0 Å². The third kappa shape index (κ3) is 5.91. The summed E-state index contributed by atoms with van der Waals surface area (Å²) in [6.07, 6.45) is 2.40. The van der Waals surface area contributed by atoms with Crippen molar-refractivity contribution >= 4 is 6.09 Å². The molecule has 0 unspecified atom stereocenters. The van der Waals surface area contributed by atoms with Gasteiger partial charge in [0.15, 0.2) is 0 Å². The zero-order chi connectivity index (χ0) is 15.0. The Bertz CT molecular complexity index is 420. The van der Waals surface area contributed by atoms with Crippen LogP contribution >= 0.6 is 0 Å². The summed E-state index contributed by atoms with van der Waals surface area (Å²) in [7, 11) is 0. The van der Waals surface area contributed by atoms with Crippen molar-refractivity contribution in [1.82, 2.24) is 5.32 Å². The lowest BCUT2D eigenvalue weighted by Crippen LogP contribution is -2.35. The van der Waals surface area contributed by atoms with E-state index in [0.717, 1.165) is 12.0 Å². The molecule has 0 saturated heterocycles. The molecule has 1 N–H and O–H groups in total. The molecule has 1 atom stereocenters. The lowest BCUT2D eigenvalue weighted by molar-refractivity contribution is 0.133. The van der Waals surface area contributed by atoms with E-state index in [4.69, 9.17) is 4.74 Å². The first-order valence-electron chi connectivity index (χ1n) is 6.99. The molecule has 0 radical (unpaired) electrons. The number of hydrogen-bond acceptors (Lipinski definition) is 2. The van der Waals surface area contributed by atoms with E-state index in [-0.39, 0.29) is 11.5 Å². The molecule has 110 valence electrons. The van der Waals surface area contributed by atoms with Crippen LogP contribution in [0, 0.1) is 11.3 Å². The fourth-order valence-electron chi connectivity index (χ4n) is 1.92. The third-order valence-corrected chi connectivity index (χ3v) is 3.38. The second-order valence-electron chi connectivity index (χ2n) is 6.03. The van der Waals surface area contributed by atoms with E-state index in [1.165, 1.54) is 0 Å². The van der Waals surface area contributed by atoms with Crippen molar-refractivity contribution in [3.05, 3.63) is 48.6 Å². The maximum Gasteiger partial charge on any atom is 0.407 e. The van der Waals surface area contributed by atoms with Crippen LogP contribution in [0.3, 0.4) is 0 Å². The van der Waals surface area contributed by atoms with Gasteiger partial charge in [-0.1, -0.05) is 57.2 Å². The number of allylic oxidation sites excluding steroid dienone is 1. The molecule has 0 aliphatic carbocycles. The standard InChI is InChI=1S/C17H25NO2/c1-5-9-15(17(2,3)4)12-18-16(19)20-13-14-10-7-6-8-11-14/h5-8,10-11,15H,1,9,12-13H2,2-4H3,(H,18,19)/t15-/m1/s1. The summed E-state index contributed by atoms with van der Waals surface area (Å²) in [6, 6.07) is 9.66. The highest BCUT2D eigenvalue weighted by Gasteiger charge is 2.23. The number of nitrogens with one attached hydrogen (secondary N) is 1. The van der Waals surface area contributed by atoms with Gasteiger partial charge in [0.1, 0.15) is 6.61 Å². The largest absolute Gasteiger partial charge is 0.445 e. The Balaban J connectivity index is 2.36. The average Bonchev–Trinajstić information content (AvgIpc) is 2.41. The number of carbonyl (C=O) groups is 1. The Morgan fingerprint density at radius 3 is 2.55 bits per heavy atom. The van der Waals surface area contributed by atoms with Gasteiger partial charge < -0.3 is 10.1 Å². The fraction of sp³-hybridized carbons (Fsp3) is 0.471. The van der Waals surface area contributed by atoms with E-state index in [0.29, 0.717) is 19.1 Å². The number of hydrogen-bond donors (Lipinski definition) is 1. The summed E-state index contributed by atoms with van der Waals surface area (Å²) in [5.41, 5.74) is 1.11. The second-order valence-corrected chi connectivity index (χ2v) is 6.03. The molecule has 0 spiro atoms. The van der Waals surface area contributed by atoms with Gasteiger partial charge in [0.25, 0.3) is 0 Å². The number of benzene rings is 1. The van der Waals surface area contributed by atoms with Crippen molar-refractivity contribution < 1.29 is 9.53 Å². The molecule has 3 nitrogen and oxygen atoms in total. The summed E-state index contributed by atoms with van der Waals surface area (Å²) in [5.74, 6) is 0.351.